The molecule has 1 aliphatic heterocycles. The fraction of sp³-hybridized carbons (Fsp3) is 0.111. The maximum Gasteiger partial charge on any atom is 0.293 e. The first-order valence-corrected chi connectivity index (χ1v) is 9.15. The SMILES string of the molecule is COc1cc([N+](=O)[O-])cc(/C=C2\SC(=O)N(Cc3ccc(F)cc3Cl)C2=O)c1O. The molecule has 0 radical (unpaired) electrons. The van der Waals surface area contributed by atoms with Gasteiger partial charge in [0, 0.05) is 16.7 Å². The molecular formula is C18H12ClFN2O6S. The Kier molecular flexibility index (Phi) is 5.76. The van der Waals surface area contributed by atoms with Crippen LogP contribution < -0.4 is 4.74 Å². The first-order valence-electron chi connectivity index (χ1n) is 7.96. The lowest BCUT2D eigenvalue weighted by molar-refractivity contribution is -0.385. The highest BCUT2D eigenvalue weighted by molar-refractivity contribution is 8.18. The Hall–Kier alpha value is -3.11. The molecule has 0 unspecified atom stereocenters. The Morgan fingerprint density at radius 2 is 2.07 bits per heavy atom. The summed E-state index contributed by atoms with van der Waals surface area (Å²) in [6, 6.07) is 5.68. The smallest absolute Gasteiger partial charge is 0.293 e. The van der Waals surface area contributed by atoms with Crippen molar-refractivity contribution in [3.63, 3.8) is 0 Å². The van der Waals surface area contributed by atoms with Gasteiger partial charge in [0.05, 0.1) is 29.5 Å². The molecule has 29 heavy (non-hydrogen) atoms. The van der Waals surface area contributed by atoms with E-state index < -0.39 is 27.6 Å². The number of carbonyl (C=O) groups excluding carboxylic acids is 2. The number of amides is 2. The van der Waals surface area contributed by atoms with Crippen molar-refractivity contribution < 1.29 is 28.7 Å². The van der Waals surface area contributed by atoms with Gasteiger partial charge in [-0.2, -0.15) is 0 Å². The van der Waals surface area contributed by atoms with Crippen molar-refractivity contribution in [1.29, 1.82) is 0 Å². The van der Waals surface area contributed by atoms with E-state index >= 15 is 0 Å². The van der Waals surface area contributed by atoms with Crippen LogP contribution in [-0.2, 0) is 11.3 Å². The van der Waals surface area contributed by atoms with Crippen LogP contribution in [0, 0.1) is 15.9 Å². The number of rotatable bonds is 5. The number of hydrogen-bond donors (Lipinski definition) is 1. The predicted molar refractivity (Wildman–Crippen MR) is 104 cm³/mol. The van der Waals surface area contributed by atoms with Crippen molar-refractivity contribution in [3.8, 4) is 11.5 Å². The van der Waals surface area contributed by atoms with Gasteiger partial charge < -0.3 is 9.84 Å². The van der Waals surface area contributed by atoms with Crippen molar-refractivity contribution in [3.05, 3.63) is 67.3 Å². The minimum Gasteiger partial charge on any atom is -0.504 e. The van der Waals surface area contributed by atoms with Gasteiger partial charge in [-0.1, -0.05) is 17.7 Å². The number of carbonyl (C=O) groups is 2. The minimum absolute atomic E-state index is 0.0499. The normalized spacial score (nSPS) is 15.3. The maximum atomic E-state index is 13.2. The molecule has 0 saturated carbocycles. The van der Waals surface area contributed by atoms with E-state index in [9.17, 15) is 29.2 Å². The maximum absolute atomic E-state index is 13.2. The summed E-state index contributed by atoms with van der Waals surface area (Å²) in [5, 5.41) is 20.7. The predicted octanol–water partition coefficient (Wildman–Crippen LogP) is 4.34. The number of imide groups is 1. The lowest BCUT2D eigenvalue weighted by Gasteiger charge is -2.13. The summed E-state index contributed by atoms with van der Waals surface area (Å²) in [5.41, 5.74) is -0.0407. The van der Waals surface area contributed by atoms with Gasteiger partial charge >= 0.3 is 0 Å². The molecule has 0 aromatic heterocycles. The average Bonchev–Trinajstić information content (AvgIpc) is 2.92. The van der Waals surface area contributed by atoms with Crippen LogP contribution in [0.15, 0.2) is 35.2 Å². The van der Waals surface area contributed by atoms with Crippen molar-refractivity contribution in [2.24, 2.45) is 0 Å². The summed E-state index contributed by atoms with van der Waals surface area (Å²) in [6.07, 6.45) is 1.17. The zero-order valence-electron chi connectivity index (χ0n) is 14.7. The Balaban J connectivity index is 1.94. The molecule has 1 heterocycles. The van der Waals surface area contributed by atoms with Crippen molar-refractivity contribution in [2.45, 2.75) is 6.54 Å². The number of nitrogens with zero attached hydrogens (tertiary/aromatic N) is 2. The highest BCUT2D eigenvalue weighted by Crippen LogP contribution is 2.39. The van der Waals surface area contributed by atoms with Crippen molar-refractivity contribution in [1.82, 2.24) is 4.90 Å². The van der Waals surface area contributed by atoms with Gasteiger partial charge in [-0.3, -0.25) is 24.6 Å². The molecule has 0 aliphatic carbocycles. The number of aromatic hydroxyl groups is 1. The van der Waals surface area contributed by atoms with E-state index in [1.54, 1.807) is 0 Å². The summed E-state index contributed by atoms with van der Waals surface area (Å²) in [4.78, 5) is 36.2. The van der Waals surface area contributed by atoms with Crippen LogP contribution in [0.4, 0.5) is 14.9 Å². The van der Waals surface area contributed by atoms with E-state index in [0.29, 0.717) is 17.3 Å². The Morgan fingerprint density at radius 3 is 2.69 bits per heavy atom. The minimum atomic E-state index is -0.679. The topological polar surface area (TPSA) is 110 Å². The number of hydrogen-bond acceptors (Lipinski definition) is 7. The van der Waals surface area contributed by atoms with E-state index in [1.807, 2.05) is 0 Å². The standard InChI is InChI=1S/C18H12ClFN2O6S/c1-28-14-7-12(22(26)27)4-10(16(14)23)5-15-17(24)21(18(25)29-15)8-9-2-3-11(20)6-13(9)19/h2-7,23H,8H2,1H3/b15-5-. The number of halogens is 2. The fourth-order valence-electron chi connectivity index (χ4n) is 2.58. The van der Waals surface area contributed by atoms with Gasteiger partial charge in [-0.25, -0.2) is 4.39 Å². The molecule has 2 aromatic carbocycles. The number of methoxy groups -OCH3 is 1. The summed E-state index contributed by atoms with van der Waals surface area (Å²) < 4.78 is 18.1. The summed E-state index contributed by atoms with van der Waals surface area (Å²) in [5.74, 6) is -1.79. The zero-order valence-corrected chi connectivity index (χ0v) is 16.3. The number of nitro benzene ring substituents is 1. The Bertz CT molecular complexity index is 1070. The Labute approximate surface area is 172 Å². The number of nitro groups is 1. The second kappa shape index (κ2) is 8.10. The molecule has 0 atom stereocenters. The van der Waals surface area contributed by atoms with Crippen LogP contribution in [0.5, 0.6) is 11.5 Å². The van der Waals surface area contributed by atoms with Gasteiger partial charge in [-0.15, -0.1) is 0 Å². The molecule has 2 aromatic rings. The number of ether oxygens (including phenoxy) is 1. The quantitative estimate of drug-likeness (QED) is 0.420. The second-order valence-corrected chi connectivity index (χ2v) is 7.25. The Morgan fingerprint density at radius 1 is 1.34 bits per heavy atom. The van der Waals surface area contributed by atoms with Crippen LogP contribution in [0.3, 0.4) is 0 Å². The molecule has 1 aliphatic rings. The molecular weight excluding hydrogens is 427 g/mol. The summed E-state index contributed by atoms with van der Waals surface area (Å²) in [6.45, 7) is -0.175. The van der Waals surface area contributed by atoms with Crippen LogP contribution in [-0.4, -0.2) is 33.2 Å². The summed E-state index contributed by atoms with van der Waals surface area (Å²) >= 11 is 6.55. The van der Waals surface area contributed by atoms with Crippen LogP contribution in [0.2, 0.25) is 5.02 Å². The first kappa shape index (κ1) is 20.6. The van der Waals surface area contributed by atoms with Crippen molar-refractivity contribution in [2.75, 3.05) is 7.11 Å². The summed E-state index contributed by atoms with van der Waals surface area (Å²) in [7, 11) is 1.23. The molecule has 1 N–H and O–H groups in total. The molecule has 8 nitrogen and oxygen atoms in total. The lowest BCUT2D eigenvalue weighted by atomic mass is 10.1. The number of non-ortho nitro benzene ring substituents is 1. The zero-order chi connectivity index (χ0) is 21.3. The molecule has 1 fully saturated rings. The number of thioether (sulfide) groups is 1. The number of phenolic OH excluding ortho intramolecular Hbond substituents is 1. The molecule has 3 rings (SSSR count). The lowest BCUT2D eigenvalue weighted by Crippen LogP contribution is -2.27. The van der Waals surface area contributed by atoms with Crippen molar-refractivity contribution >= 4 is 46.3 Å². The molecule has 150 valence electrons. The number of benzene rings is 2. The third kappa shape index (κ3) is 4.17. The highest BCUT2D eigenvalue weighted by atomic mass is 35.5. The molecule has 0 bridgehead atoms. The van der Waals surface area contributed by atoms with Gasteiger partial charge in [-0.05, 0) is 35.5 Å². The fourth-order valence-corrected chi connectivity index (χ4v) is 3.64. The van der Waals surface area contributed by atoms with E-state index in [0.717, 1.165) is 29.2 Å². The van der Waals surface area contributed by atoms with E-state index in [4.69, 9.17) is 16.3 Å². The van der Waals surface area contributed by atoms with Crippen LogP contribution in [0.1, 0.15) is 11.1 Å². The molecule has 2 amide bonds. The van der Waals surface area contributed by atoms with Gasteiger partial charge in [0.25, 0.3) is 16.8 Å². The van der Waals surface area contributed by atoms with E-state index in [2.05, 4.69) is 0 Å². The van der Waals surface area contributed by atoms with E-state index in [-0.39, 0.29) is 33.5 Å². The largest absolute Gasteiger partial charge is 0.504 e. The second-order valence-electron chi connectivity index (χ2n) is 5.85. The third-order valence-corrected chi connectivity index (χ3v) is 5.28. The number of phenols is 1. The molecule has 1 saturated heterocycles. The van der Waals surface area contributed by atoms with E-state index in [1.165, 1.54) is 19.3 Å². The van der Waals surface area contributed by atoms with Crippen LogP contribution in [0.25, 0.3) is 6.08 Å². The first-order chi connectivity index (χ1) is 13.7. The van der Waals surface area contributed by atoms with Gasteiger partial charge in [0.2, 0.25) is 0 Å². The highest BCUT2D eigenvalue weighted by Gasteiger charge is 2.35. The molecule has 0 spiro atoms. The van der Waals surface area contributed by atoms with Gasteiger partial charge in [0.1, 0.15) is 5.82 Å². The molecule has 11 heteroatoms. The monoisotopic (exact) mass is 438 g/mol. The average molecular weight is 439 g/mol. The van der Waals surface area contributed by atoms with Gasteiger partial charge in [0.15, 0.2) is 11.5 Å². The van der Waals surface area contributed by atoms with Crippen LogP contribution >= 0.6 is 23.4 Å². The third-order valence-electron chi connectivity index (χ3n) is 4.02.